The van der Waals surface area contributed by atoms with Crippen LogP contribution in [0.25, 0.3) is 0 Å². The zero-order valence-corrected chi connectivity index (χ0v) is 8.81. The van der Waals surface area contributed by atoms with Gasteiger partial charge in [-0.05, 0) is 33.1 Å². The number of carbonyl (C=O) groups excluding carboxylic acids is 1. The maximum atomic E-state index is 11.2. The molecular formula is C10H18NO2. The summed E-state index contributed by atoms with van der Waals surface area (Å²) in [4.78, 5) is 11.2. The summed E-state index contributed by atoms with van der Waals surface area (Å²) in [6, 6.07) is 0. The molecule has 0 rings (SSSR count). The van der Waals surface area contributed by atoms with Crippen LogP contribution in [0, 0.1) is 18.3 Å². The second-order valence-corrected chi connectivity index (χ2v) is 4.29. The van der Waals surface area contributed by atoms with Crippen molar-refractivity contribution >= 4 is 11.7 Å². The van der Waals surface area contributed by atoms with E-state index in [1.165, 1.54) is 0 Å². The molecule has 75 valence electrons. The molecule has 0 heterocycles. The van der Waals surface area contributed by atoms with E-state index in [-0.39, 0.29) is 11.6 Å². The molecule has 0 bridgehead atoms. The van der Waals surface area contributed by atoms with Crippen molar-refractivity contribution in [2.24, 2.45) is 5.92 Å². The van der Waals surface area contributed by atoms with Gasteiger partial charge in [-0.25, -0.2) is 4.79 Å². The highest BCUT2D eigenvalue weighted by Gasteiger charge is 2.20. The van der Waals surface area contributed by atoms with E-state index in [1.807, 2.05) is 6.92 Å². The Morgan fingerprint density at radius 2 is 2.00 bits per heavy atom. The first-order chi connectivity index (χ1) is 5.72. The average Bonchev–Trinajstić information content (AvgIpc) is 1.81. The fraction of sp³-hybridized carbons (Fsp3) is 0.700. The lowest BCUT2D eigenvalue weighted by atomic mass is 10.1. The van der Waals surface area contributed by atoms with Crippen molar-refractivity contribution in [2.75, 3.05) is 0 Å². The number of nitrogens with one attached hydrogen (secondary N) is 1. The van der Waals surface area contributed by atoms with Gasteiger partial charge in [0, 0.05) is 0 Å². The molecule has 0 aromatic heterocycles. The molecule has 0 aliphatic rings. The summed E-state index contributed by atoms with van der Waals surface area (Å²) in [7, 11) is 0. The van der Waals surface area contributed by atoms with Gasteiger partial charge in [-0.2, -0.15) is 0 Å². The van der Waals surface area contributed by atoms with Crippen molar-refractivity contribution in [3.05, 3.63) is 6.92 Å². The van der Waals surface area contributed by atoms with Gasteiger partial charge in [-0.1, -0.05) is 13.8 Å². The van der Waals surface area contributed by atoms with Gasteiger partial charge in [0.15, 0.2) is 0 Å². The molecule has 1 radical (unpaired) electrons. The molecule has 0 aliphatic heterocycles. The van der Waals surface area contributed by atoms with E-state index in [4.69, 9.17) is 10.1 Å². The van der Waals surface area contributed by atoms with Crippen LogP contribution in [0.3, 0.4) is 0 Å². The Morgan fingerprint density at radius 1 is 1.54 bits per heavy atom. The summed E-state index contributed by atoms with van der Waals surface area (Å²) in [5.74, 6) is -0.469. The van der Waals surface area contributed by atoms with Crippen LogP contribution in [-0.2, 0) is 9.53 Å². The van der Waals surface area contributed by atoms with E-state index >= 15 is 0 Å². The Balaban J connectivity index is 4.06. The Hall–Kier alpha value is -0.860. The lowest BCUT2D eigenvalue weighted by molar-refractivity contribution is -0.146. The first kappa shape index (κ1) is 12.1. The molecule has 0 aliphatic carbocycles. The standard InChI is InChI=1S/C10H18NO2/c1-7(2)6-8(11)9(12)13-10(3,4)5/h7,11H,1,6H2,2-5H3/t7-/m1/s1. The quantitative estimate of drug-likeness (QED) is 0.540. The number of carbonyl (C=O) groups is 1. The van der Waals surface area contributed by atoms with E-state index in [0.29, 0.717) is 6.42 Å². The van der Waals surface area contributed by atoms with Crippen molar-refractivity contribution in [3.8, 4) is 0 Å². The number of ether oxygens (including phenoxy) is 1. The van der Waals surface area contributed by atoms with Gasteiger partial charge in [-0.3, -0.25) is 5.41 Å². The Bertz CT molecular complexity index is 201. The predicted octanol–water partition coefficient (Wildman–Crippen LogP) is 2.21. The molecule has 1 atom stereocenters. The normalized spacial score (nSPS) is 11.5. The zero-order valence-electron chi connectivity index (χ0n) is 8.81. The molecule has 0 aromatic rings. The van der Waals surface area contributed by atoms with Crippen LogP contribution in [0.2, 0.25) is 0 Å². The monoisotopic (exact) mass is 184 g/mol. The van der Waals surface area contributed by atoms with Crippen LogP contribution in [-0.4, -0.2) is 17.3 Å². The molecule has 1 N–H and O–H groups in total. The van der Waals surface area contributed by atoms with Crippen molar-refractivity contribution < 1.29 is 9.53 Å². The largest absolute Gasteiger partial charge is 0.456 e. The van der Waals surface area contributed by atoms with Gasteiger partial charge in [0.1, 0.15) is 11.3 Å². The maximum Gasteiger partial charge on any atom is 0.352 e. The third-order valence-electron chi connectivity index (χ3n) is 1.20. The first-order valence-corrected chi connectivity index (χ1v) is 4.36. The fourth-order valence-corrected chi connectivity index (χ4v) is 0.771. The van der Waals surface area contributed by atoms with Crippen LogP contribution in [0.5, 0.6) is 0 Å². The fourth-order valence-electron chi connectivity index (χ4n) is 0.771. The summed E-state index contributed by atoms with van der Waals surface area (Å²) in [6.07, 6.45) is 0.370. The second-order valence-electron chi connectivity index (χ2n) is 4.29. The van der Waals surface area contributed by atoms with Crippen LogP contribution < -0.4 is 0 Å². The van der Waals surface area contributed by atoms with Gasteiger partial charge < -0.3 is 4.74 Å². The molecule has 0 spiro atoms. The molecule has 3 heteroatoms. The van der Waals surface area contributed by atoms with E-state index < -0.39 is 11.6 Å². The lowest BCUT2D eigenvalue weighted by Crippen LogP contribution is -2.29. The summed E-state index contributed by atoms with van der Waals surface area (Å²) in [5.41, 5.74) is -0.522. The molecular weight excluding hydrogens is 166 g/mol. The number of hydrogen-bond donors (Lipinski definition) is 1. The van der Waals surface area contributed by atoms with E-state index in [9.17, 15) is 4.79 Å². The molecule has 3 nitrogen and oxygen atoms in total. The van der Waals surface area contributed by atoms with E-state index in [0.717, 1.165) is 0 Å². The topological polar surface area (TPSA) is 50.2 Å². The number of rotatable bonds is 3. The number of esters is 1. The highest BCUT2D eigenvalue weighted by atomic mass is 16.6. The highest BCUT2D eigenvalue weighted by molar-refractivity contribution is 6.35. The molecule has 0 amide bonds. The van der Waals surface area contributed by atoms with Crippen molar-refractivity contribution in [2.45, 2.75) is 39.7 Å². The number of hydrogen-bond acceptors (Lipinski definition) is 3. The third kappa shape index (κ3) is 6.31. The van der Waals surface area contributed by atoms with Crippen LogP contribution in [0.4, 0.5) is 0 Å². The van der Waals surface area contributed by atoms with Gasteiger partial charge in [0.2, 0.25) is 0 Å². The smallest absolute Gasteiger partial charge is 0.352 e. The Kier molecular flexibility index (Phi) is 4.11. The zero-order chi connectivity index (χ0) is 10.6. The molecule has 0 fully saturated rings. The summed E-state index contributed by atoms with van der Waals surface area (Å²) in [5, 5.41) is 7.39. The Labute approximate surface area is 80.0 Å². The first-order valence-electron chi connectivity index (χ1n) is 4.36. The van der Waals surface area contributed by atoms with Crippen molar-refractivity contribution in [1.29, 1.82) is 5.41 Å². The molecule has 13 heavy (non-hydrogen) atoms. The Morgan fingerprint density at radius 3 is 2.31 bits per heavy atom. The molecule has 0 saturated carbocycles. The average molecular weight is 184 g/mol. The maximum absolute atomic E-state index is 11.2. The van der Waals surface area contributed by atoms with Crippen LogP contribution in [0.15, 0.2) is 0 Å². The van der Waals surface area contributed by atoms with Crippen molar-refractivity contribution in [3.63, 3.8) is 0 Å². The van der Waals surface area contributed by atoms with Crippen molar-refractivity contribution in [1.82, 2.24) is 0 Å². The third-order valence-corrected chi connectivity index (χ3v) is 1.20. The predicted molar refractivity (Wildman–Crippen MR) is 52.7 cm³/mol. The summed E-state index contributed by atoms with van der Waals surface area (Å²) in [6.45, 7) is 10.9. The van der Waals surface area contributed by atoms with Gasteiger partial charge in [-0.15, -0.1) is 0 Å². The van der Waals surface area contributed by atoms with E-state index in [2.05, 4.69) is 6.92 Å². The van der Waals surface area contributed by atoms with Crippen LogP contribution >= 0.6 is 0 Å². The minimum absolute atomic E-state index is 0.00238. The summed E-state index contributed by atoms with van der Waals surface area (Å²) < 4.78 is 5.01. The van der Waals surface area contributed by atoms with E-state index in [1.54, 1.807) is 20.8 Å². The molecule has 0 unspecified atom stereocenters. The lowest BCUT2D eigenvalue weighted by Gasteiger charge is -2.19. The minimum atomic E-state index is -0.539. The van der Waals surface area contributed by atoms with Gasteiger partial charge >= 0.3 is 5.97 Å². The van der Waals surface area contributed by atoms with Crippen LogP contribution in [0.1, 0.15) is 34.1 Å². The SMILES string of the molecule is [CH2][C@H](C)CC(=N)C(=O)OC(C)(C)C. The summed E-state index contributed by atoms with van der Waals surface area (Å²) >= 11 is 0. The minimum Gasteiger partial charge on any atom is -0.456 e. The molecule has 0 aromatic carbocycles. The highest BCUT2D eigenvalue weighted by Crippen LogP contribution is 2.09. The second kappa shape index (κ2) is 4.40. The molecule has 0 saturated heterocycles. The van der Waals surface area contributed by atoms with Gasteiger partial charge in [0.25, 0.3) is 0 Å². The van der Waals surface area contributed by atoms with Gasteiger partial charge in [0.05, 0.1) is 0 Å².